The predicted molar refractivity (Wildman–Crippen MR) is 151 cm³/mol. The molecule has 0 bridgehead atoms. The molecule has 0 radical (unpaired) electrons. The first kappa shape index (κ1) is 28.3. The Morgan fingerprint density at radius 2 is 2.05 bits per heavy atom. The zero-order chi connectivity index (χ0) is 28.1. The second-order valence-corrected chi connectivity index (χ2v) is 11.6. The largest absolute Gasteiger partial charge is 0.471 e. The summed E-state index contributed by atoms with van der Waals surface area (Å²) in [6, 6.07) is 9.46. The molecule has 3 N–H and O–H groups in total. The van der Waals surface area contributed by atoms with E-state index in [1.165, 1.54) is 18.9 Å². The van der Waals surface area contributed by atoms with E-state index >= 15 is 0 Å². The van der Waals surface area contributed by atoms with E-state index in [9.17, 15) is 9.90 Å². The van der Waals surface area contributed by atoms with Crippen LogP contribution in [-0.2, 0) is 22.4 Å². The van der Waals surface area contributed by atoms with Gasteiger partial charge in [0.2, 0.25) is 17.7 Å². The summed E-state index contributed by atoms with van der Waals surface area (Å²) in [5.74, 6) is 1.47. The molecule has 2 aliphatic rings. The molecule has 3 aromatic rings. The van der Waals surface area contributed by atoms with Crippen LogP contribution < -0.4 is 15.4 Å². The van der Waals surface area contributed by atoms with E-state index in [0.717, 1.165) is 48.8 Å². The van der Waals surface area contributed by atoms with Crippen LogP contribution in [0.5, 0.6) is 5.88 Å². The van der Waals surface area contributed by atoms with Crippen LogP contribution in [0.3, 0.4) is 0 Å². The lowest BCUT2D eigenvalue weighted by Crippen LogP contribution is -2.52. The monoisotopic (exact) mass is 548 g/mol. The Labute approximate surface area is 235 Å². The van der Waals surface area contributed by atoms with Crippen molar-refractivity contribution < 1.29 is 23.8 Å². The molecule has 9 nitrogen and oxygen atoms in total. The number of hydrogen-bond donors (Lipinski definition) is 3. The fraction of sp³-hybridized carbons (Fsp3) is 0.516. The molecule has 1 aliphatic carbocycles. The molecular formula is C31H40N4O5. The minimum absolute atomic E-state index is 0.00185. The van der Waals surface area contributed by atoms with Crippen molar-refractivity contribution in [1.82, 2.24) is 20.6 Å². The number of pyridine rings is 1. The van der Waals surface area contributed by atoms with Gasteiger partial charge in [-0.05, 0) is 67.3 Å². The fourth-order valence-electron chi connectivity index (χ4n) is 5.74. The number of ether oxygens (including phenoxy) is 2. The van der Waals surface area contributed by atoms with Crippen molar-refractivity contribution in [1.29, 1.82) is 0 Å². The summed E-state index contributed by atoms with van der Waals surface area (Å²) < 4.78 is 16.9. The minimum atomic E-state index is -0.846. The van der Waals surface area contributed by atoms with E-state index in [-0.39, 0.29) is 24.2 Å². The zero-order valence-electron chi connectivity index (χ0n) is 23.6. The normalized spacial score (nSPS) is 19.0. The van der Waals surface area contributed by atoms with Crippen molar-refractivity contribution in [2.45, 2.75) is 76.2 Å². The van der Waals surface area contributed by atoms with Crippen LogP contribution >= 0.6 is 0 Å². The smallest absolute Gasteiger partial charge is 0.246 e. The molecule has 1 aliphatic heterocycles. The van der Waals surface area contributed by atoms with Crippen molar-refractivity contribution in [2.75, 3.05) is 20.3 Å². The van der Waals surface area contributed by atoms with Crippen LogP contribution in [-0.4, -0.2) is 59.0 Å². The molecule has 1 unspecified atom stereocenters. The number of oxazole rings is 1. The highest BCUT2D eigenvalue weighted by Crippen LogP contribution is 2.48. The van der Waals surface area contributed by atoms with Gasteiger partial charge in [-0.3, -0.25) is 4.79 Å². The number of methoxy groups -OCH3 is 1. The number of carbonyl (C=O) groups is 1. The van der Waals surface area contributed by atoms with E-state index in [0.29, 0.717) is 30.7 Å². The molecule has 1 spiro atoms. The van der Waals surface area contributed by atoms with Gasteiger partial charge in [0.15, 0.2) is 0 Å². The molecular weight excluding hydrogens is 508 g/mol. The Kier molecular flexibility index (Phi) is 8.83. The number of rotatable bonds is 12. The van der Waals surface area contributed by atoms with Gasteiger partial charge in [-0.15, -0.1) is 0 Å². The Balaban J connectivity index is 1.32. The third kappa shape index (κ3) is 6.71. The van der Waals surface area contributed by atoms with Crippen molar-refractivity contribution in [3.8, 4) is 17.3 Å². The average molecular weight is 549 g/mol. The summed E-state index contributed by atoms with van der Waals surface area (Å²) in [5, 5.41) is 18.0. The summed E-state index contributed by atoms with van der Waals surface area (Å²) in [4.78, 5) is 21.4. The molecule has 9 heteroatoms. The van der Waals surface area contributed by atoms with Crippen LogP contribution in [0.4, 0.5) is 0 Å². The van der Waals surface area contributed by atoms with E-state index in [4.69, 9.17) is 18.9 Å². The topological polar surface area (TPSA) is 119 Å². The van der Waals surface area contributed by atoms with Crippen molar-refractivity contribution in [3.05, 3.63) is 65.7 Å². The molecule has 1 saturated carbocycles. The summed E-state index contributed by atoms with van der Waals surface area (Å²) >= 11 is 0. The van der Waals surface area contributed by atoms with Crippen LogP contribution in [0, 0.1) is 5.92 Å². The van der Waals surface area contributed by atoms with Crippen molar-refractivity contribution in [3.63, 3.8) is 0 Å². The quantitative estimate of drug-likeness (QED) is 0.311. The number of aliphatic hydroxyl groups excluding tert-OH is 1. The summed E-state index contributed by atoms with van der Waals surface area (Å²) in [5.41, 5.74) is 3.83. The van der Waals surface area contributed by atoms with Gasteiger partial charge in [-0.1, -0.05) is 26.0 Å². The second-order valence-electron chi connectivity index (χ2n) is 11.6. The highest BCUT2D eigenvalue weighted by atomic mass is 16.5. The van der Waals surface area contributed by atoms with Crippen LogP contribution in [0.15, 0.2) is 53.4 Å². The molecule has 3 heterocycles. The molecule has 214 valence electrons. The number of fused-ring (bicyclic) bond motifs is 1. The van der Waals surface area contributed by atoms with Crippen LogP contribution in [0.25, 0.3) is 11.5 Å². The maximum atomic E-state index is 12.5. The van der Waals surface area contributed by atoms with Gasteiger partial charge < -0.3 is 29.6 Å². The number of benzene rings is 1. The molecule has 1 aromatic carbocycles. The van der Waals surface area contributed by atoms with Crippen LogP contribution in [0.2, 0.25) is 0 Å². The maximum Gasteiger partial charge on any atom is 0.246 e. The van der Waals surface area contributed by atoms with Crippen molar-refractivity contribution >= 4 is 5.91 Å². The van der Waals surface area contributed by atoms with Gasteiger partial charge >= 0.3 is 0 Å². The first-order chi connectivity index (χ1) is 19.3. The molecule has 1 amide bonds. The first-order valence-corrected chi connectivity index (χ1v) is 14.2. The minimum Gasteiger partial charge on any atom is -0.471 e. The maximum absolute atomic E-state index is 12.5. The van der Waals surface area contributed by atoms with Gasteiger partial charge in [0.05, 0.1) is 18.3 Å². The zero-order valence-corrected chi connectivity index (χ0v) is 23.6. The predicted octanol–water partition coefficient (Wildman–Crippen LogP) is 4.01. The van der Waals surface area contributed by atoms with Gasteiger partial charge in [0, 0.05) is 43.4 Å². The van der Waals surface area contributed by atoms with Crippen molar-refractivity contribution in [2.24, 2.45) is 5.92 Å². The second kappa shape index (κ2) is 12.5. The number of nitrogens with zero attached hydrogens (tertiary/aromatic N) is 2. The lowest BCUT2D eigenvalue weighted by molar-refractivity contribution is -0.126. The summed E-state index contributed by atoms with van der Waals surface area (Å²) in [6.45, 7) is 4.62. The Hall–Kier alpha value is -3.27. The van der Waals surface area contributed by atoms with E-state index in [1.807, 2.05) is 30.5 Å². The van der Waals surface area contributed by atoms with Gasteiger partial charge in [0.1, 0.15) is 18.5 Å². The first-order valence-electron chi connectivity index (χ1n) is 14.2. The molecule has 3 atom stereocenters. The lowest BCUT2D eigenvalue weighted by Gasteiger charge is -2.47. The number of hydrogen-bond acceptors (Lipinski definition) is 8. The number of aromatic nitrogens is 2. The highest BCUT2D eigenvalue weighted by Gasteiger charge is 2.46. The molecule has 1 fully saturated rings. The van der Waals surface area contributed by atoms with E-state index in [1.54, 1.807) is 6.20 Å². The molecule has 0 saturated heterocycles. The molecule has 40 heavy (non-hydrogen) atoms. The molecule has 2 aromatic heterocycles. The Morgan fingerprint density at radius 3 is 2.75 bits per heavy atom. The third-order valence-corrected chi connectivity index (χ3v) is 7.83. The highest BCUT2D eigenvalue weighted by molar-refractivity contribution is 5.77. The standard InChI is InChI=1S/C31H40N4O5/c1-20(2)12-22-14-24-26(16-31(8-5-9-31)40-30(24)34-17-22)33-18-27(36)25(35-28(37)19-38-3)15-21-6-4-7-23(13-21)29-32-10-11-39-29/h4,6-7,10-11,13-14,17,20,25-27,33,36H,5,8-9,12,15-16,18-19H2,1-3H3,(H,35,37)/t25?,26-,27+/m0/s1. The number of carbonyl (C=O) groups excluding carboxylic acids is 1. The third-order valence-electron chi connectivity index (χ3n) is 7.83. The fourth-order valence-corrected chi connectivity index (χ4v) is 5.74. The van der Waals surface area contributed by atoms with Gasteiger partial charge in [-0.25, -0.2) is 9.97 Å². The number of amides is 1. The van der Waals surface area contributed by atoms with Gasteiger partial charge in [-0.2, -0.15) is 0 Å². The van der Waals surface area contributed by atoms with E-state index < -0.39 is 12.1 Å². The van der Waals surface area contributed by atoms with Gasteiger partial charge in [0.25, 0.3) is 0 Å². The number of aliphatic hydroxyl groups is 1. The SMILES string of the molecule is COCC(=O)NC(Cc1cccc(-c2ncco2)c1)[C@H](O)CN[C@H]1CC2(CCC2)Oc2ncc(CC(C)C)cc21. The molecule has 5 rings (SSSR count). The summed E-state index contributed by atoms with van der Waals surface area (Å²) in [6.07, 6.45) is 9.61. The number of nitrogens with one attached hydrogen (secondary N) is 2. The van der Waals surface area contributed by atoms with E-state index in [2.05, 4.69) is 35.5 Å². The Bertz CT molecular complexity index is 1270. The summed E-state index contributed by atoms with van der Waals surface area (Å²) in [7, 11) is 1.48. The Morgan fingerprint density at radius 1 is 1.20 bits per heavy atom. The average Bonchev–Trinajstić information content (AvgIpc) is 3.45. The van der Waals surface area contributed by atoms with Crippen LogP contribution in [0.1, 0.15) is 62.3 Å². The lowest BCUT2D eigenvalue weighted by atomic mass is 9.73.